The Balaban J connectivity index is 2.00. The summed E-state index contributed by atoms with van der Waals surface area (Å²) in [5, 5.41) is 11.8. The van der Waals surface area contributed by atoms with Gasteiger partial charge in [0.15, 0.2) is 5.78 Å². The number of benzene rings is 2. The molecule has 0 radical (unpaired) electrons. The number of ether oxygens (including phenoxy) is 1. The maximum absolute atomic E-state index is 11.9. The van der Waals surface area contributed by atoms with Crippen molar-refractivity contribution in [2.75, 3.05) is 12.4 Å². The average molecular weight is 297 g/mol. The molecule has 0 aliphatic carbocycles. The number of aromatic carboxylic acids is 1. The van der Waals surface area contributed by atoms with Gasteiger partial charge < -0.3 is 15.2 Å². The van der Waals surface area contributed by atoms with Gasteiger partial charge in [-0.3, -0.25) is 4.79 Å². The van der Waals surface area contributed by atoms with Gasteiger partial charge in [-0.05, 0) is 42.5 Å². The summed E-state index contributed by atoms with van der Waals surface area (Å²) in [6.45, 7) is 0. The third kappa shape index (κ3) is 3.96. The van der Waals surface area contributed by atoms with Gasteiger partial charge in [-0.25, -0.2) is 4.79 Å². The van der Waals surface area contributed by atoms with E-state index < -0.39 is 5.97 Å². The smallest absolute Gasteiger partial charge is 0.335 e. The first kappa shape index (κ1) is 15.3. The second-order valence-corrected chi connectivity index (χ2v) is 4.46. The maximum Gasteiger partial charge on any atom is 0.335 e. The van der Waals surface area contributed by atoms with E-state index in [9.17, 15) is 9.59 Å². The SMILES string of the molecule is COc1ccc(C(=O)/C=C/Nc2cccc(C(=O)O)c2)cc1. The predicted octanol–water partition coefficient (Wildman–Crippen LogP) is 3.20. The average Bonchev–Trinajstić information content (AvgIpc) is 2.55. The van der Waals surface area contributed by atoms with Crippen LogP contribution in [0.5, 0.6) is 5.75 Å². The largest absolute Gasteiger partial charge is 0.497 e. The fourth-order valence-electron chi connectivity index (χ4n) is 1.81. The lowest BCUT2D eigenvalue weighted by molar-refractivity contribution is 0.0696. The first-order chi connectivity index (χ1) is 10.6. The van der Waals surface area contributed by atoms with Crippen molar-refractivity contribution in [2.45, 2.75) is 0 Å². The van der Waals surface area contributed by atoms with E-state index in [-0.39, 0.29) is 11.3 Å². The Morgan fingerprint density at radius 1 is 1.09 bits per heavy atom. The van der Waals surface area contributed by atoms with Gasteiger partial charge in [-0.15, -0.1) is 0 Å². The van der Waals surface area contributed by atoms with Crippen molar-refractivity contribution in [1.29, 1.82) is 0 Å². The summed E-state index contributed by atoms with van der Waals surface area (Å²) in [6, 6.07) is 13.1. The Morgan fingerprint density at radius 3 is 2.45 bits per heavy atom. The highest BCUT2D eigenvalue weighted by Gasteiger charge is 2.03. The summed E-state index contributed by atoms with van der Waals surface area (Å²) >= 11 is 0. The molecule has 2 rings (SSSR count). The first-order valence-electron chi connectivity index (χ1n) is 6.55. The summed E-state index contributed by atoms with van der Waals surface area (Å²) in [5.41, 5.74) is 1.32. The number of anilines is 1. The summed E-state index contributed by atoms with van der Waals surface area (Å²) < 4.78 is 5.03. The lowest BCUT2D eigenvalue weighted by Gasteiger charge is -2.02. The van der Waals surface area contributed by atoms with Crippen LogP contribution in [-0.2, 0) is 0 Å². The van der Waals surface area contributed by atoms with E-state index in [1.807, 2.05) is 0 Å². The van der Waals surface area contributed by atoms with E-state index in [1.165, 1.54) is 24.4 Å². The molecule has 0 unspecified atom stereocenters. The lowest BCUT2D eigenvalue weighted by Crippen LogP contribution is -1.98. The van der Waals surface area contributed by atoms with Crippen LogP contribution < -0.4 is 10.1 Å². The highest BCUT2D eigenvalue weighted by molar-refractivity contribution is 6.04. The minimum atomic E-state index is -0.998. The number of carboxylic acid groups (broad SMARTS) is 1. The van der Waals surface area contributed by atoms with Gasteiger partial charge >= 0.3 is 5.97 Å². The van der Waals surface area contributed by atoms with Gasteiger partial charge in [0.25, 0.3) is 0 Å². The van der Waals surface area contributed by atoms with Gasteiger partial charge in [0.05, 0.1) is 12.7 Å². The Labute approximate surface area is 127 Å². The molecule has 0 saturated heterocycles. The molecule has 0 heterocycles. The second kappa shape index (κ2) is 7.08. The molecule has 22 heavy (non-hydrogen) atoms. The fourth-order valence-corrected chi connectivity index (χ4v) is 1.81. The zero-order chi connectivity index (χ0) is 15.9. The molecule has 2 aromatic rings. The van der Waals surface area contributed by atoms with E-state index in [1.54, 1.807) is 43.5 Å². The van der Waals surface area contributed by atoms with Crippen molar-refractivity contribution in [2.24, 2.45) is 0 Å². The minimum Gasteiger partial charge on any atom is -0.497 e. The Kier molecular flexibility index (Phi) is 4.93. The highest BCUT2D eigenvalue weighted by Crippen LogP contribution is 2.13. The number of nitrogens with one attached hydrogen (secondary N) is 1. The molecule has 0 aromatic heterocycles. The fraction of sp³-hybridized carbons (Fsp3) is 0.0588. The van der Waals surface area contributed by atoms with Gasteiger partial charge in [-0.1, -0.05) is 6.07 Å². The van der Waals surface area contributed by atoms with Crippen molar-refractivity contribution in [3.8, 4) is 5.75 Å². The van der Waals surface area contributed by atoms with E-state index >= 15 is 0 Å². The Hall–Kier alpha value is -3.08. The van der Waals surface area contributed by atoms with Crippen molar-refractivity contribution in [3.63, 3.8) is 0 Å². The number of carbonyl (C=O) groups is 2. The van der Waals surface area contributed by atoms with Crippen molar-refractivity contribution in [1.82, 2.24) is 0 Å². The van der Waals surface area contributed by atoms with Crippen LogP contribution in [0.3, 0.4) is 0 Å². The molecule has 0 amide bonds. The molecule has 2 N–H and O–H groups in total. The van der Waals surface area contributed by atoms with Gasteiger partial charge in [0.1, 0.15) is 5.75 Å². The van der Waals surface area contributed by atoms with E-state index in [2.05, 4.69) is 5.32 Å². The van der Waals surface area contributed by atoms with Crippen LogP contribution in [0.1, 0.15) is 20.7 Å². The highest BCUT2D eigenvalue weighted by atomic mass is 16.5. The summed E-state index contributed by atoms with van der Waals surface area (Å²) in [5.74, 6) is -0.476. The molecule has 0 aliphatic heterocycles. The van der Waals surface area contributed by atoms with Crippen LogP contribution in [-0.4, -0.2) is 24.0 Å². The Bertz CT molecular complexity index is 705. The number of hydrogen-bond acceptors (Lipinski definition) is 4. The molecule has 0 atom stereocenters. The number of ketones is 1. The van der Waals surface area contributed by atoms with Crippen LogP contribution in [0.4, 0.5) is 5.69 Å². The summed E-state index contributed by atoms with van der Waals surface area (Å²) in [6.07, 6.45) is 2.86. The van der Waals surface area contributed by atoms with Gasteiger partial charge in [0.2, 0.25) is 0 Å². The zero-order valence-corrected chi connectivity index (χ0v) is 11.9. The number of carboxylic acids is 1. The zero-order valence-electron chi connectivity index (χ0n) is 11.9. The minimum absolute atomic E-state index is 0.162. The summed E-state index contributed by atoms with van der Waals surface area (Å²) in [4.78, 5) is 22.8. The number of allylic oxidation sites excluding steroid dienone is 1. The molecule has 5 nitrogen and oxygen atoms in total. The predicted molar refractivity (Wildman–Crippen MR) is 83.5 cm³/mol. The van der Waals surface area contributed by atoms with E-state index in [0.717, 1.165) is 0 Å². The summed E-state index contributed by atoms with van der Waals surface area (Å²) in [7, 11) is 1.56. The normalized spacial score (nSPS) is 10.4. The molecule has 2 aromatic carbocycles. The molecule has 0 aliphatic rings. The van der Waals surface area contributed by atoms with Gasteiger partial charge in [0, 0.05) is 23.5 Å². The molecule has 0 spiro atoms. The lowest BCUT2D eigenvalue weighted by atomic mass is 10.1. The van der Waals surface area contributed by atoms with Crippen LogP contribution in [0.15, 0.2) is 60.8 Å². The van der Waals surface area contributed by atoms with E-state index in [0.29, 0.717) is 17.0 Å². The quantitative estimate of drug-likeness (QED) is 0.632. The van der Waals surface area contributed by atoms with E-state index in [4.69, 9.17) is 9.84 Å². The molecule has 0 saturated carbocycles. The van der Waals surface area contributed by atoms with Crippen LogP contribution >= 0.6 is 0 Å². The second-order valence-electron chi connectivity index (χ2n) is 4.46. The maximum atomic E-state index is 11.9. The standard InChI is InChI=1S/C17H15NO4/c1-22-15-7-5-12(6-8-15)16(19)9-10-18-14-4-2-3-13(11-14)17(20)21/h2-11,18H,1H3,(H,20,21)/b10-9+. The molecule has 112 valence electrons. The van der Waals surface area contributed by atoms with Crippen molar-refractivity contribution >= 4 is 17.4 Å². The van der Waals surface area contributed by atoms with Crippen LogP contribution in [0.2, 0.25) is 0 Å². The van der Waals surface area contributed by atoms with Crippen molar-refractivity contribution < 1.29 is 19.4 Å². The number of carbonyl (C=O) groups excluding carboxylic acids is 1. The molecular weight excluding hydrogens is 282 g/mol. The van der Waals surface area contributed by atoms with Crippen LogP contribution in [0, 0.1) is 0 Å². The number of methoxy groups -OCH3 is 1. The first-order valence-corrected chi connectivity index (χ1v) is 6.55. The monoisotopic (exact) mass is 297 g/mol. The molecule has 0 bridgehead atoms. The number of rotatable bonds is 6. The molecule has 5 heteroatoms. The van der Waals surface area contributed by atoms with Crippen LogP contribution in [0.25, 0.3) is 0 Å². The topological polar surface area (TPSA) is 75.6 Å². The molecular formula is C17H15NO4. The van der Waals surface area contributed by atoms with Crippen molar-refractivity contribution in [3.05, 3.63) is 71.9 Å². The number of hydrogen-bond donors (Lipinski definition) is 2. The third-order valence-electron chi connectivity index (χ3n) is 2.97. The third-order valence-corrected chi connectivity index (χ3v) is 2.97. The molecule has 0 fully saturated rings. The Morgan fingerprint density at radius 2 is 1.82 bits per heavy atom. The van der Waals surface area contributed by atoms with Gasteiger partial charge in [-0.2, -0.15) is 0 Å².